The Morgan fingerprint density at radius 1 is 0.348 bits per heavy atom. The Bertz CT molecular complexity index is 2230. The predicted molar refractivity (Wildman–Crippen MR) is 184 cm³/mol. The third kappa shape index (κ3) is 5.29. The molecule has 0 atom stereocenters. The van der Waals surface area contributed by atoms with Gasteiger partial charge in [-0.2, -0.15) is 0 Å². The summed E-state index contributed by atoms with van der Waals surface area (Å²) in [4.78, 5) is 12.3. The lowest BCUT2D eigenvalue weighted by molar-refractivity contribution is 0.584. The van der Waals surface area contributed by atoms with Crippen molar-refractivity contribution in [1.29, 1.82) is 0 Å². The largest absolute Gasteiger partial charge is 0.416 e. The van der Waals surface area contributed by atoms with Gasteiger partial charge in [0.05, 0.1) is 22.4 Å². The minimum atomic E-state index is 0.478. The molecule has 6 aromatic carbocycles. The Labute approximate surface area is 266 Å². The average molecular weight is 594 g/mol. The van der Waals surface area contributed by atoms with E-state index in [0.717, 1.165) is 61.7 Å². The fraction of sp³-hybridized carbons (Fsp3) is 0. The summed E-state index contributed by atoms with van der Waals surface area (Å²) in [6.07, 6.45) is 0. The van der Waals surface area contributed by atoms with Crippen LogP contribution < -0.4 is 4.90 Å². The van der Waals surface area contributed by atoms with Crippen molar-refractivity contribution in [2.75, 3.05) is 4.90 Å². The third-order valence-electron chi connectivity index (χ3n) is 7.85. The minimum Gasteiger partial charge on any atom is -0.416 e. The van der Waals surface area contributed by atoms with Gasteiger partial charge in [0.15, 0.2) is 0 Å². The van der Waals surface area contributed by atoms with Crippen LogP contribution in [0.3, 0.4) is 0 Å². The van der Waals surface area contributed by atoms with Crippen LogP contribution in [0.2, 0.25) is 0 Å². The van der Waals surface area contributed by atoms with Gasteiger partial charge >= 0.3 is 0 Å². The molecule has 0 spiro atoms. The van der Waals surface area contributed by atoms with Gasteiger partial charge in [0.25, 0.3) is 0 Å². The van der Waals surface area contributed by atoms with Crippen LogP contribution in [0.25, 0.3) is 56.5 Å². The molecule has 46 heavy (non-hydrogen) atoms. The third-order valence-corrected chi connectivity index (χ3v) is 7.85. The molecule has 6 heteroatoms. The SMILES string of the molecule is c1ccc(-c2nnc(-c3ccc(N(c4ccccc4)c4ccc(-c5nc6ccccc6nc5-c5ccccc5)cc4)cc3)o2)cc1. The summed E-state index contributed by atoms with van der Waals surface area (Å²) in [6.45, 7) is 0. The molecule has 6 nitrogen and oxygen atoms in total. The maximum Gasteiger partial charge on any atom is 0.248 e. The highest BCUT2D eigenvalue weighted by atomic mass is 16.4. The standard InChI is InChI=1S/C40H27N5O/c1-4-12-28(13-5-1)37-38(42-36-19-11-10-18-35(36)41-37)29-20-24-33(25-21-29)45(32-16-8-3-9-17-32)34-26-22-31(23-27-34)40-44-43-39(46-40)30-14-6-2-7-15-30/h1-27H. The zero-order chi connectivity index (χ0) is 30.7. The first-order chi connectivity index (χ1) is 22.8. The van der Waals surface area contributed by atoms with E-state index in [4.69, 9.17) is 14.4 Å². The molecular formula is C40H27N5O. The van der Waals surface area contributed by atoms with Gasteiger partial charge in [-0.05, 0) is 72.8 Å². The lowest BCUT2D eigenvalue weighted by Gasteiger charge is -2.25. The Morgan fingerprint density at radius 2 is 0.717 bits per heavy atom. The smallest absolute Gasteiger partial charge is 0.248 e. The van der Waals surface area contributed by atoms with Crippen molar-refractivity contribution in [2.24, 2.45) is 0 Å². The molecule has 218 valence electrons. The first kappa shape index (κ1) is 27.2. The summed E-state index contributed by atoms with van der Waals surface area (Å²) in [6, 6.07) is 55.0. The highest BCUT2D eigenvalue weighted by Crippen LogP contribution is 2.38. The second-order valence-corrected chi connectivity index (χ2v) is 10.8. The molecule has 8 aromatic rings. The summed E-state index contributed by atoms with van der Waals surface area (Å²) >= 11 is 0. The first-order valence-corrected chi connectivity index (χ1v) is 15.1. The molecule has 0 fully saturated rings. The Hall–Kier alpha value is -6.40. The zero-order valence-electron chi connectivity index (χ0n) is 24.7. The van der Waals surface area contributed by atoms with Crippen molar-refractivity contribution in [2.45, 2.75) is 0 Å². The summed E-state index contributed by atoms with van der Waals surface area (Å²) in [5, 5.41) is 8.55. The van der Waals surface area contributed by atoms with Crippen molar-refractivity contribution >= 4 is 28.1 Å². The van der Waals surface area contributed by atoms with E-state index in [0.29, 0.717) is 11.8 Å². The highest BCUT2D eigenvalue weighted by Gasteiger charge is 2.17. The van der Waals surface area contributed by atoms with Crippen LogP contribution in [0.15, 0.2) is 168 Å². The quantitative estimate of drug-likeness (QED) is 0.183. The van der Waals surface area contributed by atoms with E-state index in [1.54, 1.807) is 0 Å². The molecule has 0 saturated heterocycles. The molecule has 0 N–H and O–H groups in total. The molecule has 0 bridgehead atoms. The van der Waals surface area contributed by atoms with E-state index in [-0.39, 0.29) is 0 Å². The Morgan fingerprint density at radius 3 is 1.24 bits per heavy atom. The van der Waals surface area contributed by atoms with Crippen LogP contribution in [0, 0.1) is 0 Å². The van der Waals surface area contributed by atoms with Crippen molar-refractivity contribution in [1.82, 2.24) is 20.2 Å². The maximum atomic E-state index is 6.00. The van der Waals surface area contributed by atoms with Crippen molar-refractivity contribution in [3.8, 4) is 45.4 Å². The number of hydrogen-bond donors (Lipinski definition) is 0. The lowest BCUT2D eigenvalue weighted by Crippen LogP contribution is -2.09. The monoisotopic (exact) mass is 593 g/mol. The van der Waals surface area contributed by atoms with Gasteiger partial charge < -0.3 is 9.32 Å². The lowest BCUT2D eigenvalue weighted by atomic mass is 10.0. The van der Waals surface area contributed by atoms with E-state index in [1.807, 2.05) is 103 Å². The second-order valence-electron chi connectivity index (χ2n) is 10.8. The molecule has 8 rings (SSSR count). The van der Waals surface area contributed by atoms with Crippen LogP contribution >= 0.6 is 0 Å². The number of anilines is 3. The number of para-hydroxylation sites is 3. The van der Waals surface area contributed by atoms with E-state index in [1.165, 1.54) is 0 Å². The van der Waals surface area contributed by atoms with Crippen molar-refractivity contribution in [3.63, 3.8) is 0 Å². The molecule has 0 unspecified atom stereocenters. The van der Waals surface area contributed by atoms with Gasteiger partial charge in [-0.15, -0.1) is 10.2 Å². The molecule has 0 amide bonds. The zero-order valence-corrected chi connectivity index (χ0v) is 24.7. The van der Waals surface area contributed by atoms with Crippen LogP contribution in [0.5, 0.6) is 0 Å². The first-order valence-electron chi connectivity index (χ1n) is 15.1. The topological polar surface area (TPSA) is 67.9 Å². The molecule has 0 aliphatic heterocycles. The summed E-state index contributed by atoms with van der Waals surface area (Å²) in [7, 11) is 0. The number of rotatable bonds is 7. The highest BCUT2D eigenvalue weighted by molar-refractivity contribution is 5.87. The maximum absolute atomic E-state index is 6.00. The second kappa shape index (κ2) is 11.9. The number of benzene rings is 6. The fourth-order valence-corrected chi connectivity index (χ4v) is 5.58. The fourth-order valence-electron chi connectivity index (χ4n) is 5.58. The summed E-state index contributed by atoms with van der Waals surface area (Å²) in [5.74, 6) is 0.976. The molecule has 0 aliphatic carbocycles. The van der Waals surface area contributed by atoms with Crippen molar-refractivity contribution in [3.05, 3.63) is 164 Å². The van der Waals surface area contributed by atoms with Crippen LogP contribution in [0.1, 0.15) is 0 Å². The van der Waals surface area contributed by atoms with Crippen LogP contribution in [-0.2, 0) is 0 Å². The number of aromatic nitrogens is 4. The van der Waals surface area contributed by atoms with Crippen molar-refractivity contribution < 1.29 is 4.42 Å². The number of fused-ring (bicyclic) bond motifs is 1. The van der Waals surface area contributed by atoms with Gasteiger partial charge in [0.1, 0.15) is 0 Å². The Kier molecular flexibility index (Phi) is 7.05. The van der Waals surface area contributed by atoms with Gasteiger partial charge in [-0.1, -0.05) is 91.0 Å². The molecule has 2 aromatic heterocycles. The van der Waals surface area contributed by atoms with Gasteiger partial charge in [-0.25, -0.2) is 9.97 Å². The average Bonchev–Trinajstić information content (AvgIpc) is 3.64. The predicted octanol–water partition coefficient (Wildman–Crippen LogP) is 10.2. The van der Waals surface area contributed by atoms with E-state index >= 15 is 0 Å². The number of nitrogens with zero attached hydrogens (tertiary/aromatic N) is 5. The normalized spacial score (nSPS) is 11.0. The summed E-state index contributed by atoms with van der Waals surface area (Å²) < 4.78 is 6.00. The van der Waals surface area contributed by atoms with Gasteiger partial charge in [0.2, 0.25) is 11.8 Å². The molecule has 2 heterocycles. The number of hydrogen-bond acceptors (Lipinski definition) is 6. The van der Waals surface area contributed by atoms with Gasteiger partial charge in [0, 0.05) is 39.3 Å². The van der Waals surface area contributed by atoms with E-state index in [2.05, 4.69) is 75.8 Å². The van der Waals surface area contributed by atoms with Gasteiger partial charge in [-0.3, -0.25) is 0 Å². The van der Waals surface area contributed by atoms with Crippen LogP contribution in [-0.4, -0.2) is 20.2 Å². The minimum absolute atomic E-state index is 0.478. The van der Waals surface area contributed by atoms with E-state index < -0.39 is 0 Å². The molecular weight excluding hydrogens is 566 g/mol. The molecule has 0 radical (unpaired) electrons. The molecule has 0 aliphatic rings. The molecule has 0 saturated carbocycles. The Balaban J connectivity index is 1.16. The van der Waals surface area contributed by atoms with Crippen LogP contribution in [0.4, 0.5) is 17.1 Å². The van der Waals surface area contributed by atoms with E-state index in [9.17, 15) is 0 Å². The summed E-state index contributed by atoms with van der Waals surface area (Å²) in [5.41, 5.74) is 10.3.